The maximum absolute atomic E-state index is 13.4. The number of rotatable bonds is 5. The Kier molecular flexibility index (Phi) is 5.19. The third kappa shape index (κ3) is 4.66. The molecule has 0 aliphatic carbocycles. The van der Waals surface area contributed by atoms with Gasteiger partial charge in [0, 0.05) is 5.69 Å². The first kappa shape index (κ1) is 15.6. The molecule has 0 aliphatic heterocycles. The minimum atomic E-state index is -0.464. The SMILES string of the molecule is O=C(Cc1ccccc1F)NCC(=O)Nc1ccc(F)cc1. The molecular weight excluding hydrogens is 290 g/mol. The van der Waals surface area contributed by atoms with Gasteiger partial charge < -0.3 is 10.6 Å². The number of amides is 2. The van der Waals surface area contributed by atoms with Crippen LogP contribution in [0, 0.1) is 11.6 Å². The molecule has 2 amide bonds. The van der Waals surface area contributed by atoms with E-state index in [0.717, 1.165) is 0 Å². The molecule has 2 rings (SSSR count). The van der Waals surface area contributed by atoms with Crippen LogP contribution in [0.15, 0.2) is 48.5 Å². The van der Waals surface area contributed by atoms with Gasteiger partial charge in [0.2, 0.25) is 11.8 Å². The van der Waals surface area contributed by atoms with Crippen LogP contribution in [-0.4, -0.2) is 18.4 Å². The lowest BCUT2D eigenvalue weighted by molar-refractivity contribution is -0.123. The largest absolute Gasteiger partial charge is 0.347 e. The summed E-state index contributed by atoms with van der Waals surface area (Å²) >= 11 is 0. The van der Waals surface area contributed by atoms with Crippen molar-refractivity contribution in [3.63, 3.8) is 0 Å². The highest BCUT2D eigenvalue weighted by Crippen LogP contribution is 2.08. The summed E-state index contributed by atoms with van der Waals surface area (Å²) in [5, 5.41) is 4.90. The van der Waals surface area contributed by atoms with E-state index in [9.17, 15) is 18.4 Å². The van der Waals surface area contributed by atoms with Crippen LogP contribution in [0.2, 0.25) is 0 Å². The Morgan fingerprint density at radius 2 is 1.59 bits per heavy atom. The minimum Gasteiger partial charge on any atom is -0.347 e. The monoisotopic (exact) mass is 304 g/mol. The van der Waals surface area contributed by atoms with Gasteiger partial charge in [-0.15, -0.1) is 0 Å². The molecular formula is C16H14F2N2O2. The first-order chi connectivity index (χ1) is 10.5. The molecule has 0 saturated carbocycles. The van der Waals surface area contributed by atoms with Crippen LogP contribution in [0.25, 0.3) is 0 Å². The first-order valence-electron chi connectivity index (χ1n) is 6.60. The van der Waals surface area contributed by atoms with Gasteiger partial charge in [-0.25, -0.2) is 8.78 Å². The molecule has 22 heavy (non-hydrogen) atoms. The highest BCUT2D eigenvalue weighted by molar-refractivity contribution is 5.94. The number of carbonyl (C=O) groups excluding carboxylic acids is 2. The van der Waals surface area contributed by atoms with Crippen LogP contribution in [0.4, 0.5) is 14.5 Å². The van der Waals surface area contributed by atoms with E-state index in [-0.39, 0.29) is 18.5 Å². The fourth-order valence-corrected chi connectivity index (χ4v) is 1.79. The van der Waals surface area contributed by atoms with Gasteiger partial charge in [0.1, 0.15) is 11.6 Å². The fourth-order valence-electron chi connectivity index (χ4n) is 1.79. The van der Waals surface area contributed by atoms with Gasteiger partial charge in [-0.05, 0) is 35.9 Å². The topological polar surface area (TPSA) is 58.2 Å². The smallest absolute Gasteiger partial charge is 0.243 e. The molecule has 0 atom stereocenters. The molecule has 0 heterocycles. The summed E-state index contributed by atoms with van der Waals surface area (Å²) in [4.78, 5) is 23.3. The van der Waals surface area contributed by atoms with Crippen molar-refractivity contribution in [2.75, 3.05) is 11.9 Å². The van der Waals surface area contributed by atoms with Crippen molar-refractivity contribution in [3.8, 4) is 0 Å². The zero-order valence-electron chi connectivity index (χ0n) is 11.6. The molecule has 0 saturated heterocycles. The first-order valence-corrected chi connectivity index (χ1v) is 6.60. The second-order valence-corrected chi connectivity index (χ2v) is 4.60. The molecule has 0 fully saturated rings. The van der Waals surface area contributed by atoms with Crippen LogP contribution >= 0.6 is 0 Å². The Bertz CT molecular complexity index is 672. The molecule has 2 aromatic rings. The third-order valence-corrected chi connectivity index (χ3v) is 2.88. The number of benzene rings is 2. The van der Waals surface area contributed by atoms with E-state index in [1.54, 1.807) is 6.07 Å². The molecule has 6 heteroatoms. The third-order valence-electron chi connectivity index (χ3n) is 2.88. The van der Waals surface area contributed by atoms with Gasteiger partial charge in [-0.2, -0.15) is 0 Å². The highest BCUT2D eigenvalue weighted by atomic mass is 19.1. The zero-order valence-corrected chi connectivity index (χ0v) is 11.6. The van der Waals surface area contributed by atoms with E-state index in [2.05, 4.69) is 10.6 Å². The quantitative estimate of drug-likeness (QED) is 0.890. The van der Waals surface area contributed by atoms with Crippen molar-refractivity contribution in [2.24, 2.45) is 0 Å². The van der Waals surface area contributed by atoms with Crippen LogP contribution in [0.5, 0.6) is 0 Å². The molecule has 0 unspecified atom stereocenters. The maximum atomic E-state index is 13.4. The molecule has 2 aromatic carbocycles. The normalized spacial score (nSPS) is 10.1. The van der Waals surface area contributed by atoms with Crippen molar-refractivity contribution in [3.05, 3.63) is 65.7 Å². The van der Waals surface area contributed by atoms with Crippen LogP contribution in [0.1, 0.15) is 5.56 Å². The fraction of sp³-hybridized carbons (Fsp3) is 0.125. The summed E-state index contributed by atoms with van der Waals surface area (Å²) in [6.45, 7) is -0.245. The van der Waals surface area contributed by atoms with Crippen molar-refractivity contribution >= 4 is 17.5 Å². The lowest BCUT2D eigenvalue weighted by Crippen LogP contribution is -2.33. The molecule has 0 radical (unpaired) electrons. The summed E-state index contributed by atoms with van der Waals surface area (Å²) in [5.41, 5.74) is 0.689. The van der Waals surface area contributed by atoms with E-state index in [4.69, 9.17) is 0 Å². The standard InChI is InChI=1S/C16H14F2N2O2/c17-12-5-7-13(8-6-12)20-16(22)10-19-15(21)9-11-3-1-2-4-14(11)18/h1-8H,9-10H2,(H,19,21)(H,20,22). The van der Waals surface area contributed by atoms with E-state index in [1.807, 2.05) is 0 Å². The summed E-state index contributed by atoms with van der Waals surface area (Å²) in [6.07, 6.45) is -0.142. The van der Waals surface area contributed by atoms with Crippen molar-refractivity contribution < 1.29 is 18.4 Å². The van der Waals surface area contributed by atoms with Gasteiger partial charge in [-0.3, -0.25) is 9.59 Å². The Labute approximate surface area is 126 Å². The van der Waals surface area contributed by atoms with E-state index < -0.39 is 23.4 Å². The Morgan fingerprint density at radius 1 is 0.909 bits per heavy atom. The van der Waals surface area contributed by atoms with Gasteiger partial charge in [0.05, 0.1) is 13.0 Å². The number of nitrogens with one attached hydrogen (secondary N) is 2. The summed E-state index contributed by atoms with van der Waals surface area (Å²) < 4.78 is 26.1. The van der Waals surface area contributed by atoms with Gasteiger partial charge in [0.15, 0.2) is 0 Å². The van der Waals surface area contributed by atoms with Crippen LogP contribution in [0.3, 0.4) is 0 Å². The molecule has 0 aliphatic rings. The van der Waals surface area contributed by atoms with Crippen LogP contribution < -0.4 is 10.6 Å². The molecule has 0 spiro atoms. The van der Waals surface area contributed by atoms with E-state index >= 15 is 0 Å². The number of hydrogen-bond donors (Lipinski definition) is 2. The highest BCUT2D eigenvalue weighted by Gasteiger charge is 2.09. The number of anilines is 1. The average Bonchev–Trinajstić information content (AvgIpc) is 2.50. The summed E-state index contributed by atoms with van der Waals surface area (Å²) in [5.74, 6) is -1.78. The second-order valence-electron chi connectivity index (χ2n) is 4.60. The van der Waals surface area contributed by atoms with Crippen molar-refractivity contribution in [1.29, 1.82) is 0 Å². The average molecular weight is 304 g/mol. The van der Waals surface area contributed by atoms with Crippen molar-refractivity contribution in [2.45, 2.75) is 6.42 Å². The van der Waals surface area contributed by atoms with Gasteiger partial charge in [0.25, 0.3) is 0 Å². The number of halogens is 2. The minimum absolute atomic E-state index is 0.142. The molecule has 4 nitrogen and oxygen atoms in total. The maximum Gasteiger partial charge on any atom is 0.243 e. The number of carbonyl (C=O) groups is 2. The number of hydrogen-bond acceptors (Lipinski definition) is 2. The Balaban J connectivity index is 1.79. The lowest BCUT2D eigenvalue weighted by Gasteiger charge is -2.07. The second kappa shape index (κ2) is 7.31. The molecule has 0 aromatic heterocycles. The predicted molar refractivity (Wildman–Crippen MR) is 78.1 cm³/mol. The summed E-state index contributed by atoms with van der Waals surface area (Å²) in [6, 6.07) is 11.2. The molecule has 2 N–H and O–H groups in total. The van der Waals surface area contributed by atoms with E-state index in [1.165, 1.54) is 42.5 Å². The summed E-state index contributed by atoms with van der Waals surface area (Å²) in [7, 11) is 0. The lowest BCUT2D eigenvalue weighted by atomic mass is 10.1. The molecule has 0 bridgehead atoms. The predicted octanol–water partition coefficient (Wildman–Crippen LogP) is 2.26. The van der Waals surface area contributed by atoms with Crippen LogP contribution in [-0.2, 0) is 16.0 Å². The zero-order chi connectivity index (χ0) is 15.9. The molecule has 114 valence electrons. The van der Waals surface area contributed by atoms with Gasteiger partial charge in [-0.1, -0.05) is 18.2 Å². The Hall–Kier alpha value is -2.76. The van der Waals surface area contributed by atoms with Crippen molar-refractivity contribution in [1.82, 2.24) is 5.32 Å². The van der Waals surface area contributed by atoms with E-state index in [0.29, 0.717) is 5.69 Å². The van der Waals surface area contributed by atoms with Gasteiger partial charge >= 0.3 is 0 Å². The Morgan fingerprint density at radius 3 is 2.27 bits per heavy atom.